The number of carbonyl (C=O) groups is 1. The van der Waals surface area contributed by atoms with Gasteiger partial charge in [-0.3, -0.25) is 4.79 Å². The van der Waals surface area contributed by atoms with Crippen LogP contribution in [0.5, 0.6) is 0 Å². The van der Waals surface area contributed by atoms with Crippen molar-refractivity contribution in [2.75, 3.05) is 19.7 Å². The molecule has 0 radical (unpaired) electrons. The molecule has 0 heterocycles. The summed E-state index contributed by atoms with van der Waals surface area (Å²) >= 11 is 5.87. The smallest absolute Gasteiger partial charge is 0.227 e. The highest BCUT2D eigenvalue weighted by Crippen LogP contribution is 2.20. The topological polar surface area (TPSA) is 40.5 Å². The van der Waals surface area contributed by atoms with E-state index >= 15 is 0 Å². The Labute approximate surface area is 111 Å². The van der Waals surface area contributed by atoms with Crippen LogP contribution in [0.25, 0.3) is 0 Å². The molecule has 0 spiro atoms. The molecule has 0 atom stereocenters. The number of hydrogen-bond acceptors (Lipinski definition) is 2. The number of hydrogen-bond donors (Lipinski definition) is 1. The first-order valence-corrected chi connectivity index (χ1v) is 6.29. The second kappa shape index (κ2) is 7.34. The number of amides is 1. The standard InChI is InChI=1S/C13H17ClFNO2/c1-2-6-16(7-8-17)13(18)9-10-11(14)4-3-5-12(10)15/h3-5,17H,2,6-9H2,1H3. The summed E-state index contributed by atoms with van der Waals surface area (Å²) in [5, 5.41) is 9.15. The monoisotopic (exact) mass is 273 g/mol. The number of carbonyl (C=O) groups excluding carboxylic acids is 1. The van der Waals surface area contributed by atoms with Gasteiger partial charge in [0.2, 0.25) is 5.91 Å². The minimum absolute atomic E-state index is 0.0779. The first kappa shape index (κ1) is 14.9. The van der Waals surface area contributed by atoms with Crippen molar-refractivity contribution in [2.24, 2.45) is 0 Å². The molecular formula is C13H17ClFNO2. The van der Waals surface area contributed by atoms with E-state index in [4.69, 9.17) is 16.7 Å². The quantitative estimate of drug-likeness (QED) is 0.864. The number of benzene rings is 1. The highest BCUT2D eigenvalue weighted by molar-refractivity contribution is 6.31. The molecule has 0 unspecified atom stereocenters. The Balaban J connectivity index is 2.79. The Morgan fingerprint density at radius 1 is 1.44 bits per heavy atom. The molecule has 5 heteroatoms. The predicted molar refractivity (Wildman–Crippen MR) is 69.1 cm³/mol. The normalized spacial score (nSPS) is 10.4. The number of rotatable bonds is 6. The molecule has 1 aromatic carbocycles. The van der Waals surface area contributed by atoms with Crippen LogP contribution >= 0.6 is 11.6 Å². The van der Waals surface area contributed by atoms with Crippen LogP contribution in [0.3, 0.4) is 0 Å². The molecule has 0 fully saturated rings. The summed E-state index contributed by atoms with van der Waals surface area (Å²) in [6, 6.07) is 4.34. The Hall–Kier alpha value is -1.13. The maximum Gasteiger partial charge on any atom is 0.227 e. The lowest BCUT2D eigenvalue weighted by Crippen LogP contribution is -2.35. The number of halogens is 2. The molecular weight excluding hydrogens is 257 g/mol. The molecule has 0 bridgehead atoms. The maximum absolute atomic E-state index is 13.5. The number of aliphatic hydroxyl groups is 1. The van der Waals surface area contributed by atoms with Crippen LogP contribution in [-0.4, -0.2) is 35.6 Å². The summed E-state index contributed by atoms with van der Waals surface area (Å²) in [6.07, 6.45) is 0.711. The molecule has 0 aliphatic rings. The van der Waals surface area contributed by atoms with Crippen LogP contribution in [-0.2, 0) is 11.2 Å². The molecule has 0 saturated carbocycles. The maximum atomic E-state index is 13.5. The fraction of sp³-hybridized carbons (Fsp3) is 0.462. The predicted octanol–water partition coefficient (Wildman–Crippen LogP) is 2.25. The SMILES string of the molecule is CCCN(CCO)C(=O)Cc1c(F)cccc1Cl. The van der Waals surface area contributed by atoms with Gasteiger partial charge in [0.05, 0.1) is 13.0 Å². The van der Waals surface area contributed by atoms with E-state index in [9.17, 15) is 9.18 Å². The van der Waals surface area contributed by atoms with E-state index in [0.717, 1.165) is 6.42 Å². The van der Waals surface area contributed by atoms with Crippen molar-refractivity contribution in [1.29, 1.82) is 0 Å². The third-order valence-electron chi connectivity index (χ3n) is 2.61. The molecule has 0 aromatic heterocycles. The highest BCUT2D eigenvalue weighted by Gasteiger charge is 2.16. The number of nitrogens with zero attached hydrogens (tertiary/aromatic N) is 1. The Morgan fingerprint density at radius 3 is 2.72 bits per heavy atom. The zero-order chi connectivity index (χ0) is 13.5. The summed E-state index contributed by atoms with van der Waals surface area (Å²) in [7, 11) is 0. The summed E-state index contributed by atoms with van der Waals surface area (Å²) < 4.78 is 13.5. The van der Waals surface area contributed by atoms with E-state index in [1.165, 1.54) is 17.0 Å². The molecule has 1 amide bonds. The Kier molecular flexibility index (Phi) is 6.09. The minimum atomic E-state index is -0.476. The molecule has 3 nitrogen and oxygen atoms in total. The van der Waals surface area contributed by atoms with E-state index in [0.29, 0.717) is 6.54 Å². The van der Waals surface area contributed by atoms with Crippen molar-refractivity contribution >= 4 is 17.5 Å². The van der Waals surface area contributed by atoms with Crippen molar-refractivity contribution in [3.63, 3.8) is 0 Å². The lowest BCUT2D eigenvalue weighted by Gasteiger charge is -2.21. The van der Waals surface area contributed by atoms with Crippen LogP contribution < -0.4 is 0 Å². The van der Waals surface area contributed by atoms with E-state index in [1.807, 2.05) is 6.92 Å². The van der Waals surface area contributed by atoms with Gasteiger partial charge in [0.1, 0.15) is 5.82 Å². The second-order valence-electron chi connectivity index (χ2n) is 3.98. The Bertz CT molecular complexity index is 386. The lowest BCUT2D eigenvalue weighted by molar-refractivity contribution is -0.131. The second-order valence-corrected chi connectivity index (χ2v) is 4.39. The van der Waals surface area contributed by atoms with Gasteiger partial charge in [0, 0.05) is 23.7 Å². The van der Waals surface area contributed by atoms with Crippen molar-refractivity contribution in [2.45, 2.75) is 19.8 Å². The first-order valence-electron chi connectivity index (χ1n) is 5.91. The molecule has 1 N–H and O–H groups in total. The van der Waals surface area contributed by atoms with Gasteiger partial charge >= 0.3 is 0 Å². The third kappa shape index (κ3) is 3.96. The highest BCUT2D eigenvalue weighted by atomic mass is 35.5. The van der Waals surface area contributed by atoms with Crippen LogP contribution in [0.4, 0.5) is 4.39 Å². The Morgan fingerprint density at radius 2 is 2.17 bits per heavy atom. The van der Waals surface area contributed by atoms with Crippen molar-refractivity contribution < 1.29 is 14.3 Å². The van der Waals surface area contributed by atoms with Crippen molar-refractivity contribution in [3.05, 3.63) is 34.6 Å². The van der Waals surface area contributed by atoms with Gasteiger partial charge in [0.25, 0.3) is 0 Å². The van der Waals surface area contributed by atoms with E-state index in [1.54, 1.807) is 6.07 Å². The fourth-order valence-corrected chi connectivity index (χ4v) is 1.95. The molecule has 1 aromatic rings. The molecule has 100 valence electrons. The zero-order valence-corrected chi connectivity index (χ0v) is 11.1. The summed E-state index contributed by atoms with van der Waals surface area (Å²) in [4.78, 5) is 13.5. The molecule has 0 aliphatic heterocycles. The van der Waals surface area contributed by atoms with Gasteiger partial charge in [-0.05, 0) is 18.6 Å². The van der Waals surface area contributed by atoms with Crippen molar-refractivity contribution in [1.82, 2.24) is 4.90 Å². The largest absolute Gasteiger partial charge is 0.395 e. The van der Waals surface area contributed by atoms with E-state index < -0.39 is 5.82 Å². The van der Waals surface area contributed by atoms with Gasteiger partial charge in [-0.1, -0.05) is 24.6 Å². The minimum Gasteiger partial charge on any atom is -0.395 e. The fourth-order valence-electron chi connectivity index (χ4n) is 1.72. The van der Waals surface area contributed by atoms with E-state index in [2.05, 4.69) is 0 Å². The van der Waals surface area contributed by atoms with Gasteiger partial charge in [-0.15, -0.1) is 0 Å². The van der Waals surface area contributed by atoms with Gasteiger partial charge in [0.15, 0.2) is 0 Å². The zero-order valence-electron chi connectivity index (χ0n) is 10.3. The molecule has 1 rings (SSSR count). The van der Waals surface area contributed by atoms with Crippen molar-refractivity contribution in [3.8, 4) is 0 Å². The third-order valence-corrected chi connectivity index (χ3v) is 2.96. The summed E-state index contributed by atoms with van der Waals surface area (Å²) in [6.45, 7) is 2.65. The summed E-state index contributed by atoms with van der Waals surface area (Å²) in [5.41, 5.74) is 0.211. The van der Waals surface area contributed by atoms with E-state index in [-0.39, 0.29) is 36.1 Å². The van der Waals surface area contributed by atoms with Crippen LogP contribution in [0, 0.1) is 5.82 Å². The summed E-state index contributed by atoms with van der Waals surface area (Å²) in [5.74, 6) is -0.700. The lowest BCUT2D eigenvalue weighted by atomic mass is 10.1. The van der Waals surface area contributed by atoms with Gasteiger partial charge in [-0.2, -0.15) is 0 Å². The first-order chi connectivity index (χ1) is 8.60. The van der Waals surface area contributed by atoms with Crippen LogP contribution in [0.1, 0.15) is 18.9 Å². The number of aliphatic hydroxyl groups excluding tert-OH is 1. The average molecular weight is 274 g/mol. The molecule has 18 heavy (non-hydrogen) atoms. The van der Waals surface area contributed by atoms with Crippen LogP contribution in [0.15, 0.2) is 18.2 Å². The molecule has 0 saturated heterocycles. The van der Waals surface area contributed by atoms with Gasteiger partial charge in [-0.25, -0.2) is 4.39 Å². The average Bonchev–Trinajstić information content (AvgIpc) is 2.33. The van der Waals surface area contributed by atoms with Crippen LogP contribution in [0.2, 0.25) is 5.02 Å². The molecule has 0 aliphatic carbocycles. The van der Waals surface area contributed by atoms with Gasteiger partial charge < -0.3 is 10.0 Å².